The molecule has 0 saturated heterocycles. The van der Waals surface area contributed by atoms with E-state index in [1.807, 2.05) is 25.1 Å². The Labute approximate surface area is 159 Å². The minimum atomic E-state index is -0.129. The summed E-state index contributed by atoms with van der Waals surface area (Å²) in [6.45, 7) is 2.57. The van der Waals surface area contributed by atoms with E-state index in [0.29, 0.717) is 12.4 Å². The molecule has 0 amide bonds. The molecule has 4 rings (SSSR count). The van der Waals surface area contributed by atoms with E-state index in [9.17, 15) is 10.2 Å². The average Bonchev–Trinajstić information content (AvgIpc) is 2.68. The maximum Gasteiger partial charge on any atom is 0.115 e. The van der Waals surface area contributed by atoms with Crippen molar-refractivity contribution in [2.75, 3.05) is 6.61 Å². The van der Waals surface area contributed by atoms with Gasteiger partial charge in [0.15, 0.2) is 0 Å². The summed E-state index contributed by atoms with van der Waals surface area (Å²) in [5.74, 6) is 0.610. The fourth-order valence-electron chi connectivity index (χ4n) is 4.39. The summed E-state index contributed by atoms with van der Waals surface area (Å²) >= 11 is 0. The summed E-state index contributed by atoms with van der Waals surface area (Å²) < 4.78 is 0. The second-order valence-electron chi connectivity index (χ2n) is 7.34. The maximum atomic E-state index is 9.95. The number of hydrogen-bond donors (Lipinski definition) is 3. The third kappa shape index (κ3) is 3.33. The summed E-state index contributed by atoms with van der Waals surface area (Å²) in [5.41, 5.74) is 9.01. The number of hydroxylamine groups is 1. The van der Waals surface area contributed by atoms with E-state index < -0.39 is 0 Å². The quantitative estimate of drug-likeness (QED) is 0.694. The van der Waals surface area contributed by atoms with Crippen LogP contribution in [0.3, 0.4) is 0 Å². The molecule has 27 heavy (non-hydrogen) atoms. The van der Waals surface area contributed by atoms with E-state index in [1.165, 1.54) is 22.3 Å². The molecular formula is C23H25NO3. The molecule has 2 aromatic rings. The third-order valence-corrected chi connectivity index (χ3v) is 5.66. The highest BCUT2D eigenvalue weighted by Gasteiger charge is 2.41. The minimum absolute atomic E-state index is 0.129. The number of rotatable bonds is 5. The average molecular weight is 363 g/mol. The van der Waals surface area contributed by atoms with Crippen LogP contribution in [-0.2, 0) is 23.1 Å². The predicted octanol–water partition coefficient (Wildman–Crippen LogP) is 4.28. The zero-order valence-electron chi connectivity index (χ0n) is 15.5. The number of phenolic OH excluding ortho intramolecular Hbond substituents is 2. The first-order chi connectivity index (χ1) is 13.1. The highest BCUT2D eigenvalue weighted by Crippen LogP contribution is 2.49. The van der Waals surface area contributed by atoms with Crippen LogP contribution in [0.1, 0.15) is 36.5 Å². The molecule has 0 unspecified atom stereocenters. The van der Waals surface area contributed by atoms with Crippen LogP contribution in [0.2, 0.25) is 0 Å². The van der Waals surface area contributed by atoms with Crippen molar-refractivity contribution < 1.29 is 15.1 Å². The number of aryl methyl sites for hydroxylation is 1. The smallest absolute Gasteiger partial charge is 0.115 e. The Morgan fingerprint density at radius 1 is 1.04 bits per heavy atom. The van der Waals surface area contributed by atoms with Gasteiger partial charge in [0, 0.05) is 5.41 Å². The second-order valence-corrected chi connectivity index (χ2v) is 7.34. The molecule has 4 heteroatoms. The van der Waals surface area contributed by atoms with Gasteiger partial charge in [-0.05, 0) is 79.6 Å². The van der Waals surface area contributed by atoms with Gasteiger partial charge in [-0.1, -0.05) is 29.8 Å². The Bertz CT molecular complexity index is 898. The molecule has 1 atom stereocenters. The molecule has 0 aliphatic heterocycles. The Balaban J connectivity index is 1.76. The molecule has 0 aromatic heterocycles. The van der Waals surface area contributed by atoms with Gasteiger partial charge in [-0.25, -0.2) is 0 Å². The van der Waals surface area contributed by atoms with Crippen molar-refractivity contribution in [1.82, 2.24) is 5.48 Å². The number of benzene rings is 2. The van der Waals surface area contributed by atoms with Crippen molar-refractivity contribution in [3.8, 4) is 11.5 Å². The van der Waals surface area contributed by atoms with Gasteiger partial charge in [-0.2, -0.15) is 0 Å². The largest absolute Gasteiger partial charge is 0.508 e. The van der Waals surface area contributed by atoms with Gasteiger partial charge in [0.1, 0.15) is 11.5 Å². The van der Waals surface area contributed by atoms with Gasteiger partial charge in [0.25, 0.3) is 0 Å². The first-order valence-corrected chi connectivity index (χ1v) is 9.50. The lowest BCUT2D eigenvalue weighted by Gasteiger charge is -2.43. The van der Waals surface area contributed by atoms with E-state index in [2.05, 4.69) is 23.7 Å². The van der Waals surface area contributed by atoms with Crippen molar-refractivity contribution in [2.45, 2.75) is 38.0 Å². The molecule has 0 heterocycles. The standard InChI is InChI=1S/C23H25NO3/c1-2-27-24-19-11-12-23(15-16-3-7-20(25)8-4-16)18(14-19)6-5-17-13-21(26)9-10-22(17)23/h3-4,7-11,13-14,24-26H,2,5-6,12,15H2,1H3/t23-/m0/s1. The monoisotopic (exact) mass is 363 g/mol. The lowest BCUT2D eigenvalue weighted by Crippen LogP contribution is -2.38. The maximum absolute atomic E-state index is 9.95. The molecule has 4 nitrogen and oxygen atoms in total. The van der Waals surface area contributed by atoms with Crippen LogP contribution in [0.5, 0.6) is 11.5 Å². The van der Waals surface area contributed by atoms with Crippen LogP contribution in [-0.4, -0.2) is 16.8 Å². The van der Waals surface area contributed by atoms with Gasteiger partial charge in [-0.15, -0.1) is 0 Å². The topological polar surface area (TPSA) is 61.7 Å². The van der Waals surface area contributed by atoms with Gasteiger partial charge in [0.05, 0.1) is 12.3 Å². The van der Waals surface area contributed by atoms with E-state index in [1.54, 1.807) is 18.2 Å². The third-order valence-electron chi connectivity index (χ3n) is 5.66. The predicted molar refractivity (Wildman–Crippen MR) is 105 cm³/mol. The number of allylic oxidation sites excluding steroid dienone is 3. The molecule has 0 bridgehead atoms. The first kappa shape index (κ1) is 17.7. The SMILES string of the molecule is CCONC1=CC[C@]2(Cc3ccc(O)cc3)C(=C1)CCc1cc(O)ccc12. The van der Waals surface area contributed by atoms with Crippen LogP contribution in [0.15, 0.2) is 65.9 Å². The zero-order valence-corrected chi connectivity index (χ0v) is 15.5. The van der Waals surface area contributed by atoms with Gasteiger partial charge in [-0.3, -0.25) is 10.3 Å². The number of hydrogen-bond acceptors (Lipinski definition) is 4. The molecule has 0 spiro atoms. The fraction of sp³-hybridized carbons (Fsp3) is 0.304. The molecule has 2 aromatic carbocycles. The van der Waals surface area contributed by atoms with Gasteiger partial charge < -0.3 is 10.2 Å². The number of aromatic hydroxyl groups is 2. The van der Waals surface area contributed by atoms with E-state index in [-0.39, 0.29) is 11.2 Å². The molecule has 2 aliphatic carbocycles. The van der Waals surface area contributed by atoms with E-state index in [4.69, 9.17) is 4.84 Å². The zero-order chi connectivity index (χ0) is 18.9. The molecule has 0 fully saturated rings. The van der Waals surface area contributed by atoms with Crippen molar-refractivity contribution in [3.63, 3.8) is 0 Å². The van der Waals surface area contributed by atoms with Crippen LogP contribution in [0.25, 0.3) is 0 Å². The minimum Gasteiger partial charge on any atom is -0.508 e. The lowest BCUT2D eigenvalue weighted by molar-refractivity contribution is 0.0753. The highest BCUT2D eigenvalue weighted by atomic mass is 16.6. The van der Waals surface area contributed by atoms with Crippen molar-refractivity contribution in [3.05, 3.63) is 82.6 Å². The molecule has 0 saturated carbocycles. The van der Waals surface area contributed by atoms with Crippen molar-refractivity contribution in [1.29, 1.82) is 0 Å². The van der Waals surface area contributed by atoms with Crippen LogP contribution in [0, 0.1) is 0 Å². The number of nitrogens with one attached hydrogen (secondary N) is 1. The van der Waals surface area contributed by atoms with E-state index in [0.717, 1.165) is 31.4 Å². The second kappa shape index (κ2) is 7.12. The summed E-state index contributed by atoms with van der Waals surface area (Å²) in [7, 11) is 0. The molecule has 2 aliphatic rings. The van der Waals surface area contributed by atoms with Gasteiger partial charge in [0.2, 0.25) is 0 Å². The highest BCUT2D eigenvalue weighted by molar-refractivity contribution is 5.53. The molecular weight excluding hydrogens is 338 g/mol. The van der Waals surface area contributed by atoms with Crippen LogP contribution < -0.4 is 5.48 Å². The number of fused-ring (bicyclic) bond motifs is 3. The van der Waals surface area contributed by atoms with Crippen molar-refractivity contribution >= 4 is 0 Å². The Kier molecular flexibility index (Phi) is 4.66. The summed E-state index contributed by atoms with van der Waals surface area (Å²) in [6, 6.07) is 13.3. The Morgan fingerprint density at radius 2 is 1.81 bits per heavy atom. The summed E-state index contributed by atoms with van der Waals surface area (Å²) in [5, 5.41) is 19.6. The van der Waals surface area contributed by atoms with E-state index >= 15 is 0 Å². The molecule has 3 N–H and O–H groups in total. The molecule has 0 radical (unpaired) electrons. The number of phenols is 2. The van der Waals surface area contributed by atoms with Crippen LogP contribution >= 0.6 is 0 Å². The van der Waals surface area contributed by atoms with Crippen molar-refractivity contribution in [2.24, 2.45) is 0 Å². The lowest BCUT2D eigenvalue weighted by atomic mass is 9.60. The summed E-state index contributed by atoms with van der Waals surface area (Å²) in [6.07, 6.45) is 8.02. The summed E-state index contributed by atoms with van der Waals surface area (Å²) in [4.78, 5) is 5.38. The van der Waals surface area contributed by atoms with Gasteiger partial charge >= 0.3 is 0 Å². The Morgan fingerprint density at radius 3 is 2.59 bits per heavy atom. The normalized spacial score (nSPS) is 20.9. The fourth-order valence-corrected chi connectivity index (χ4v) is 4.39. The Hall–Kier alpha value is -2.72. The first-order valence-electron chi connectivity index (χ1n) is 9.50. The van der Waals surface area contributed by atoms with Crippen LogP contribution in [0.4, 0.5) is 0 Å². The molecule has 140 valence electrons.